The lowest BCUT2D eigenvalue weighted by Gasteiger charge is -2.33. The Morgan fingerprint density at radius 1 is 1.19 bits per heavy atom. The van der Waals surface area contributed by atoms with Crippen LogP contribution < -0.4 is 5.73 Å². The van der Waals surface area contributed by atoms with Crippen LogP contribution in [0.5, 0.6) is 0 Å². The van der Waals surface area contributed by atoms with Gasteiger partial charge in [-0.3, -0.25) is 4.79 Å². The molecule has 0 spiro atoms. The van der Waals surface area contributed by atoms with E-state index in [2.05, 4.69) is 0 Å². The van der Waals surface area contributed by atoms with Gasteiger partial charge in [0.05, 0.1) is 23.2 Å². The highest BCUT2D eigenvalue weighted by Gasteiger charge is 2.25. The van der Waals surface area contributed by atoms with E-state index in [0.717, 1.165) is 16.8 Å². The normalized spacial score (nSPS) is 16.8. The van der Waals surface area contributed by atoms with E-state index in [4.69, 9.17) is 33.7 Å². The van der Waals surface area contributed by atoms with Crippen LogP contribution in [0.25, 0.3) is 0 Å². The van der Waals surface area contributed by atoms with Gasteiger partial charge in [-0.05, 0) is 35.7 Å². The summed E-state index contributed by atoms with van der Waals surface area (Å²) in [4.78, 5) is 14.4. The number of nitrogens with zero attached hydrogens (tertiary/aromatic N) is 1. The van der Waals surface area contributed by atoms with Crippen molar-refractivity contribution in [2.75, 3.05) is 25.4 Å². The molecule has 1 unspecified atom stereocenters. The van der Waals surface area contributed by atoms with E-state index in [1.807, 2.05) is 35.2 Å². The molecule has 0 saturated carbocycles. The van der Waals surface area contributed by atoms with Crippen LogP contribution in [0.15, 0.2) is 42.5 Å². The highest BCUT2D eigenvalue weighted by molar-refractivity contribution is 6.42. The molecule has 1 aliphatic rings. The number of amides is 1. The van der Waals surface area contributed by atoms with Crippen molar-refractivity contribution < 1.29 is 9.53 Å². The fraction of sp³-hybridized carbons (Fsp3) is 0.316. The van der Waals surface area contributed by atoms with Crippen LogP contribution in [0, 0.1) is 0 Å². The first-order valence-corrected chi connectivity index (χ1v) is 8.98. The Labute approximate surface area is 169 Å². The lowest BCUT2D eigenvalue weighted by Crippen LogP contribution is -2.42. The summed E-state index contributed by atoms with van der Waals surface area (Å²) >= 11 is 12.0. The number of anilines is 1. The quantitative estimate of drug-likeness (QED) is 0.746. The second-order valence-corrected chi connectivity index (χ2v) is 6.89. The minimum absolute atomic E-state index is 0. The van der Waals surface area contributed by atoms with Gasteiger partial charge in [-0.25, -0.2) is 0 Å². The van der Waals surface area contributed by atoms with Crippen LogP contribution in [-0.2, 0) is 16.0 Å². The molecule has 2 aromatic carbocycles. The van der Waals surface area contributed by atoms with E-state index in [-0.39, 0.29) is 24.4 Å². The number of ether oxygens (including phenoxy) is 1. The Kier molecular flexibility index (Phi) is 7.59. The van der Waals surface area contributed by atoms with E-state index >= 15 is 0 Å². The van der Waals surface area contributed by atoms with Gasteiger partial charge in [0.15, 0.2) is 0 Å². The van der Waals surface area contributed by atoms with Gasteiger partial charge in [0.2, 0.25) is 5.91 Å². The largest absolute Gasteiger partial charge is 0.399 e. The number of nitrogen functional groups attached to an aromatic ring is 1. The number of carbonyl (C=O) groups is 1. The van der Waals surface area contributed by atoms with Crippen molar-refractivity contribution in [3.05, 3.63) is 63.6 Å². The van der Waals surface area contributed by atoms with E-state index < -0.39 is 0 Å². The predicted molar refractivity (Wildman–Crippen MR) is 108 cm³/mol. The number of rotatable bonds is 4. The van der Waals surface area contributed by atoms with Gasteiger partial charge in [-0.15, -0.1) is 12.4 Å². The molecular formula is C19H21Cl3N2O2. The molecular weight excluding hydrogens is 395 g/mol. The Morgan fingerprint density at radius 2 is 1.96 bits per heavy atom. The fourth-order valence-electron chi connectivity index (χ4n) is 2.95. The number of para-hydroxylation sites is 1. The van der Waals surface area contributed by atoms with Crippen molar-refractivity contribution in [3.8, 4) is 0 Å². The molecule has 2 N–H and O–H groups in total. The lowest BCUT2D eigenvalue weighted by atomic mass is 10.1. The molecule has 140 valence electrons. The number of aryl methyl sites for hydroxylation is 1. The molecule has 26 heavy (non-hydrogen) atoms. The first kappa shape index (κ1) is 20.8. The van der Waals surface area contributed by atoms with Gasteiger partial charge in [0, 0.05) is 18.7 Å². The van der Waals surface area contributed by atoms with Crippen molar-refractivity contribution in [2.45, 2.75) is 18.9 Å². The molecule has 1 fully saturated rings. The maximum atomic E-state index is 12.6. The molecule has 1 aliphatic heterocycles. The van der Waals surface area contributed by atoms with Crippen molar-refractivity contribution in [2.24, 2.45) is 0 Å². The van der Waals surface area contributed by atoms with E-state index in [1.165, 1.54) is 0 Å². The van der Waals surface area contributed by atoms with Crippen LogP contribution >= 0.6 is 35.6 Å². The fourth-order valence-corrected chi connectivity index (χ4v) is 3.26. The zero-order chi connectivity index (χ0) is 17.8. The summed E-state index contributed by atoms with van der Waals surface area (Å²) < 4.78 is 5.81. The first-order valence-electron chi connectivity index (χ1n) is 8.22. The summed E-state index contributed by atoms with van der Waals surface area (Å²) in [6.07, 6.45) is 0.886. The van der Waals surface area contributed by atoms with Gasteiger partial charge < -0.3 is 15.4 Å². The Morgan fingerprint density at radius 3 is 2.69 bits per heavy atom. The van der Waals surface area contributed by atoms with E-state index in [1.54, 1.807) is 12.1 Å². The van der Waals surface area contributed by atoms with Gasteiger partial charge in [-0.2, -0.15) is 0 Å². The molecule has 4 nitrogen and oxygen atoms in total. The average molecular weight is 416 g/mol. The highest BCUT2D eigenvalue weighted by atomic mass is 35.5. The van der Waals surface area contributed by atoms with Crippen LogP contribution in [0.3, 0.4) is 0 Å². The zero-order valence-corrected chi connectivity index (χ0v) is 16.5. The summed E-state index contributed by atoms with van der Waals surface area (Å²) in [6.45, 7) is 1.62. The number of hydrogen-bond donors (Lipinski definition) is 1. The van der Waals surface area contributed by atoms with Crippen molar-refractivity contribution in [1.29, 1.82) is 0 Å². The topological polar surface area (TPSA) is 55.6 Å². The monoisotopic (exact) mass is 414 g/mol. The maximum Gasteiger partial charge on any atom is 0.223 e. The molecule has 1 atom stereocenters. The van der Waals surface area contributed by atoms with Gasteiger partial charge in [-0.1, -0.05) is 47.5 Å². The smallest absolute Gasteiger partial charge is 0.223 e. The molecule has 1 saturated heterocycles. The third kappa shape index (κ3) is 5.04. The average Bonchev–Trinajstić information content (AvgIpc) is 2.63. The Balaban J connectivity index is 0.00000243. The number of benzene rings is 2. The predicted octanol–water partition coefficient (Wildman–Crippen LogP) is 4.53. The summed E-state index contributed by atoms with van der Waals surface area (Å²) in [5, 5.41) is 1.00. The third-order valence-electron chi connectivity index (χ3n) is 4.40. The van der Waals surface area contributed by atoms with Crippen LogP contribution in [-0.4, -0.2) is 30.5 Å². The number of hydrogen-bond acceptors (Lipinski definition) is 3. The molecule has 0 radical (unpaired) electrons. The van der Waals surface area contributed by atoms with E-state index in [9.17, 15) is 4.79 Å². The Hall–Kier alpha value is -1.46. The molecule has 2 aromatic rings. The van der Waals surface area contributed by atoms with E-state index in [0.29, 0.717) is 42.6 Å². The molecule has 1 heterocycles. The van der Waals surface area contributed by atoms with Crippen molar-refractivity contribution >= 4 is 47.2 Å². The maximum absolute atomic E-state index is 12.6. The summed E-state index contributed by atoms with van der Waals surface area (Å²) in [5.41, 5.74) is 8.60. The number of carbonyl (C=O) groups excluding carboxylic acids is 1. The third-order valence-corrected chi connectivity index (χ3v) is 5.14. The lowest BCUT2D eigenvalue weighted by molar-refractivity contribution is -0.139. The standard InChI is InChI=1S/C19H20Cl2N2O2.ClH/c20-15-7-5-14(11-16(15)21)18-12-23(9-10-25-18)19(24)8-6-13-3-1-2-4-17(13)22;/h1-5,7,11,18H,6,8-10,12,22H2;1H. The van der Waals surface area contributed by atoms with Gasteiger partial charge in [0.1, 0.15) is 6.10 Å². The van der Waals surface area contributed by atoms with Crippen molar-refractivity contribution in [1.82, 2.24) is 4.90 Å². The SMILES string of the molecule is Cl.Nc1ccccc1CCC(=O)N1CCOC(c2ccc(Cl)c(Cl)c2)C1. The number of halogens is 3. The summed E-state index contributed by atoms with van der Waals surface area (Å²) in [6, 6.07) is 13.1. The summed E-state index contributed by atoms with van der Waals surface area (Å²) in [7, 11) is 0. The number of nitrogens with two attached hydrogens (primary N) is 1. The molecule has 0 aliphatic carbocycles. The molecule has 0 bridgehead atoms. The van der Waals surface area contributed by atoms with Crippen LogP contribution in [0.2, 0.25) is 10.0 Å². The summed E-state index contributed by atoms with van der Waals surface area (Å²) in [5.74, 6) is 0.108. The second kappa shape index (κ2) is 9.47. The Bertz CT molecular complexity index is 770. The van der Waals surface area contributed by atoms with Gasteiger partial charge in [0.25, 0.3) is 0 Å². The number of morpholine rings is 1. The molecule has 3 rings (SSSR count). The highest BCUT2D eigenvalue weighted by Crippen LogP contribution is 2.29. The van der Waals surface area contributed by atoms with Crippen molar-refractivity contribution in [3.63, 3.8) is 0 Å². The minimum Gasteiger partial charge on any atom is -0.399 e. The molecule has 7 heteroatoms. The van der Waals surface area contributed by atoms with Crippen LogP contribution in [0.1, 0.15) is 23.7 Å². The first-order chi connectivity index (χ1) is 12.0. The minimum atomic E-state index is -0.186. The molecule has 1 amide bonds. The molecule has 0 aromatic heterocycles. The zero-order valence-electron chi connectivity index (χ0n) is 14.2. The van der Waals surface area contributed by atoms with Gasteiger partial charge >= 0.3 is 0 Å². The second-order valence-electron chi connectivity index (χ2n) is 6.07. The van der Waals surface area contributed by atoms with Crippen LogP contribution in [0.4, 0.5) is 5.69 Å².